The number of hydrogen-bond acceptors (Lipinski definition) is 2. The smallest absolute Gasteiger partial charge is 0.322 e. The molecule has 16 heavy (non-hydrogen) atoms. The molecule has 0 saturated heterocycles. The van der Waals surface area contributed by atoms with Crippen LogP contribution >= 0.6 is 0 Å². The molecule has 1 radical (unpaired) electrons. The lowest BCUT2D eigenvalue weighted by Gasteiger charge is -2.10. The minimum Gasteiger partial charge on any atom is -0.480 e. The summed E-state index contributed by atoms with van der Waals surface area (Å²) in [6.45, 7) is 3.34. The van der Waals surface area contributed by atoms with E-state index in [0.29, 0.717) is 6.42 Å². The highest BCUT2D eigenvalue weighted by atomic mass is 16.4. The zero-order valence-electron chi connectivity index (χ0n) is 8.85. The second-order valence-corrected chi connectivity index (χ2v) is 3.50. The molecule has 4 nitrogen and oxygen atoms in total. The van der Waals surface area contributed by atoms with Gasteiger partial charge in [0.2, 0.25) is 5.91 Å². The minimum atomic E-state index is -1.06. The van der Waals surface area contributed by atoms with Gasteiger partial charge in [-0.05, 0) is 18.9 Å². The van der Waals surface area contributed by atoms with Gasteiger partial charge < -0.3 is 10.4 Å². The summed E-state index contributed by atoms with van der Waals surface area (Å²) in [4.78, 5) is 21.7. The van der Waals surface area contributed by atoms with Crippen LogP contribution in [-0.2, 0) is 16.0 Å². The fraction of sp³-hybridized carbons (Fsp3) is 0.250. The van der Waals surface area contributed by atoms with Gasteiger partial charge in [0.25, 0.3) is 0 Å². The van der Waals surface area contributed by atoms with E-state index in [9.17, 15) is 9.59 Å². The number of aliphatic carboxylic acids is 1. The molecule has 0 aliphatic rings. The molecule has 0 aliphatic carbocycles. The normalized spacial score (nSPS) is 11.8. The van der Waals surface area contributed by atoms with Gasteiger partial charge in [-0.25, -0.2) is 0 Å². The molecule has 0 aliphatic heterocycles. The lowest BCUT2D eigenvalue weighted by atomic mass is 10.0. The molecule has 1 atom stereocenters. The van der Waals surface area contributed by atoms with Gasteiger partial charge in [0.1, 0.15) is 6.54 Å². The van der Waals surface area contributed by atoms with E-state index in [-0.39, 0.29) is 12.5 Å². The Morgan fingerprint density at radius 3 is 2.50 bits per heavy atom. The predicted octanol–water partition coefficient (Wildman–Crippen LogP) is 0.880. The summed E-state index contributed by atoms with van der Waals surface area (Å²) in [5, 5.41) is 10.7. The van der Waals surface area contributed by atoms with E-state index in [0.717, 1.165) is 5.56 Å². The maximum Gasteiger partial charge on any atom is 0.322 e. The number of nitrogens with one attached hydrogen (secondary N) is 1. The monoisotopic (exact) mass is 220 g/mol. The Kier molecular flexibility index (Phi) is 4.51. The van der Waals surface area contributed by atoms with Crippen molar-refractivity contribution in [2.75, 3.05) is 6.54 Å². The zero-order valence-corrected chi connectivity index (χ0v) is 8.85. The molecule has 1 aromatic carbocycles. The molecular formula is C12H14NO3. The van der Waals surface area contributed by atoms with Crippen molar-refractivity contribution < 1.29 is 14.7 Å². The minimum absolute atomic E-state index is 0.341. The Balaban J connectivity index is 2.43. The van der Waals surface area contributed by atoms with Gasteiger partial charge >= 0.3 is 5.97 Å². The van der Waals surface area contributed by atoms with Gasteiger partial charge in [0.15, 0.2) is 0 Å². The number of carboxylic acids is 1. The van der Waals surface area contributed by atoms with Crippen LogP contribution in [0.3, 0.4) is 0 Å². The molecule has 0 saturated carbocycles. The van der Waals surface area contributed by atoms with E-state index >= 15 is 0 Å². The van der Waals surface area contributed by atoms with Crippen molar-refractivity contribution in [1.29, 1.82) is 0 Å². The van der Waals surface area contributed by atoms with Crippen LogP contribution in [0.2, 0.25) is 0 Å². The van der Waals surface area contributed by atoms with E-state index in [1.54, 1.807) is 0 Å². The molecule has 0 fully saturated rings. The topological polar surface area (TPSA) is 66.4 Å². The van der Waals surface area contributed by atoms with Crippen LogP contribution in [-0.4, -0.2) is 23.5 Å². The molecule has 1 amide bonds. The molecule has 0 aromatic heterocycles. The van der Waals surface area contributed by atoms with Crippen molar-refractivity contribution in [2.45, 2.75) is 6.42 Å². The van der Waals surface area contributed by atoms with Crippen LogP contribution < -0.4 is 5.32 Å². The third-order valence-corrected chi connectivity index (χ3v) is 2.11. The van der Waals surface area contributed by atoms with Gasteiger partial charge in [-0.2, -0.15) is 0 Å². The Morgan fingerprint density at radius 1 is 1.31 bits per heavy atom. The molecule has 1 rings (SSSR count). The zero-order chi connectivity index (χ0) is 12.0. The second-order valence-electron chi connectivity index (χ2n) is 3.50. The summed E-state index contributed by atoms with van der Waals surface area (Å²) in [5.41, 5.74) is 1.01. The summed E-state index contributed by atoms with van der Waals surface area (Å²) in [6.07, 6.45) is 0.506. The first-order chi connectivity index (χ1) is 7.59. The second kappa shape index (κ2) is 5.90. The fourth-order valence-electron chi connectivity index (χ4n) is 1.30. The molecular weight excluding hydrogens is 206 g/mol. The Morgan fingerprint density at radius 2 is 1.94 bits per heavy atom. The van der Waals surface area contributed by atoms with Crippen LogP contribution in [0, 0.1) is 12.8 Å². The van der Waals surface area contributed by atoms with E-state index in [4.69, 9.17) is 5.11 Å². The maximum atomic E-state index is 11.4. The Hall–Kier alpha value is -1.84. The van der Waals surface area contributed by atoms with Crippen molar-refractivity contribution >= 4 is 11.9 Å². The largest absolute Gasteiger partial charge is 0.480 e. The predicted molar refractivity (Wildman–Crippen MR) is 59.6 cm³/mol. The summed E-state index contributed by atoms with van der Waals surface area (Å²) in [5.74, 6) is -1.87. The van der Waals surface area contributed by atoms with Gasteiger partial charge in [-0.1, -0.05) is 30.3 Å². The number of carboxylic acid groups (broad SMARTS) is 1. The Labute approximate surface area is 94.3 Å². The van der Waals surface area contributed by atoms with Crippen molar-refractivity contribution in [3.63, 3.8) is 0 Å². The first-order valence-electron chi connectivity index (χ1n) is 4.96. The summed E-state index contributed by atoms with van der Waals surface area (Å²) in [6, 6.07) is 9.48. The maximum absolute atomic E-state index is 11.4. The van der Waals surface area contributed by atoms with E-state index in [2.05, 4.69) is 12.2 Å². The van der Waals surface area contributed by atoms with E-state index in [1.807, 2.05) is 30.3 Å². The van der Waals surface area contributed by atoms with Crippen LogP contribution in [0.4, 0.5) is 0 Å². The van der Waals surface area contributed by atoms with Crippen LogP contribution in [0.1, 0.15) is 5.56 Å². The fourth-order valence-corrected chi connectivity index (χ4v) is 1.30. The summed E-state index contributed by atoms with van der Waals surface area (Å²) < 4.78 is 0. The highest BCUT2D eigenvalue weighted by molar-refractivity contribution is 5.83. The molecule has 85 valence electrons. The molecule has 0 heterocycles. The highest BCUT2D eigenvalue weighted by Crippen LogP contribution is 2.07. The van der Waals surface area contributed by atoms with Crippen molar-refractivity contribution in [3.05, 3.63) is 42.8 Å². The van der Waals surface area contributed by atoms with Crippen LogP contribution in [0.15, 0.2) is 30.3 Å². The first-order valence-corrected chi connectivity index (χ1v) is 4.96. The van der Waals surface area contributed by atoms with Crippen molar-refractivity contribution in [3.8, 4) is 0 Å². The van der Waals surface area contributed by atoms with Crippen LogP contribution in [0.5, 0.6) is 0 Å². The van der Waals surface area contributed by atoms with Crippen LogP contribution in [0.25, 0.3) is 0 Å². The third kappa shape index (κ3) is 4.13. The number of hydrogen-bond donors (Lipinski definition) is 2. The number of benzene rings is 1. The van der Waals surface area contributed by atoms with E-state index < -0.39 is 11.9 Å². The SMILES string of the molecule is [CH2]C(Cc1ccccc1)C(=O)NCC(=O)O. The summed E-state index contributed by atoms with van der Waals surface area (Å²) in [7, 11) is 0. The molecule has 0 spiro atoms. The summed E-state index contributed by atoms with van der Waals surface area (Å²) >= 11 is 0. The first kappa shape index (κ1) is 12.2. The standard InChI is InChI=1S/C12H14NO3/c1-9(12(16)13-8-11(14)15)7-10-5-3-2-4-6-10/h2-6,9H,1,7-8H2,(H,13,16)(H,14,15). The number of rotatable bonds is 5. The third-order valence-electron chi connectivity index (χ3n) is 2.11. The average molecular weight is 220 g/mol. The lowest BCUT2D eigenvalue weighted by Crippen LogP contribution is -2.34. The quantitative estimate of drug-likeness (QED) is 0.774. The van der Waals surface area contributed by atoms with Gasteiger partial charge in [-0.15, -0.1) is 0 Å². The lowest BCUT2D eigenvalue weighted by molar-refractivity contribution is -0.138. The molecule has 1 unspecified atom stereocenters. The number of carbonyl (C=O) groups excluding carboxylic acids is 1. The number of amides is 1. The Bertz CT molecular complexity index is 362. The molecule has 4 heteroatoms. The molecule has 2 N–H and O–H groups in total. The van der Waals surface area contributed by atoms with Gasteiger partial charge in [0.05, 0.1) is 0 Å². The molecule has 1 aromatic rings. The van der Waals surface area contributed by atoms with E-state index in [1.165, 1.54) is 0 Å². The highest BCUT2D eigenvalue weighted by Gasteiger charge is 2.13. The van der Waals surface area contributed by atoms with Gasteiger partial charge in [0, 0.05) is 5.92 Å². The van der Waals surface area contributed by atoms with Gasteiger partial charge in [-0.3, -0.25) is 9.59 Å². The average Bonchev–Trinajstić information content (AvgIpc) is 2.27. The molecule has 0 bridgehead atoms. The van der Waals surface area contributed by atoms with Crippen molar-refractivity contribution in [1.82, 2.24) is 5.32 Å². The number of carbonyl (C=O) groups is 2. The van der Waals surface area contributed by atoms with Crippen molar-refractivity contribution in [2.24, 2.45) is 5.92 Å².